The van der Waals surface area contributed by atoms with E-state index in [9.17, 15) is 9.59 Å². The van der Waals surface area contributed by atoms with Gasteiger partial charge < -0.3 is 0 Å². The molecule has 128 valence electrons. The second-order valence-electron chi connectivity index (χ2n) is 7.28. The highest BCUT2D eigenvalue weighted by Crippen LogP contribution is 2.45. The van der Waals surface area contributed by atoms with Gasteiger partial charge in [0.25, 0.3) is 0 Å². The second kappa shape index (κ2) is 6.06. The fraction of sp³-hybridized carbons (Fsp3) is 0.381. The zero-order valence-electron chi connectivity index (χ0n) is 14.4. The van der Waals surface area contributed by atoms with Crippen LogP contribution in [0.3, 0.4) is 0 Å². The topological polar surface area (TPSA) is 47.0 Å². The Balaban J connectivity index is 1.80. The number of aromatic nitrogens is 1. The lowest BCUT2D eigenvalue weighted by Gasteiger charge is -2.27. The van der Waals surface area contributed by atoms with Gasteiger partial charge in [0.1, 0.15) is 11.1 Å². The van der Waals surface area contributed by atoms with Crippen LogP contribution in [0.5, 0.6) is 0 Å². The zero-order valence-corrected chi connectivity index (χ0v) is 15.1. The van der Waals surface area contributed by atoms with Gasteiger partial charge in [-0.1, -0.05) is 23.7 Å². The minimum atomic E-state index is -0.591. The maximum absolute atomic E-state index is 12.9. The first-order valence-electron chi connectivity index (χ1n) is 8.77. The molecule has 2 fully saturated rings. The van der Waals surface area contributed by atoms with Gasteiger partial charge in [-0.2, -0.15) is 0 Å². The van der Waals surface area contributed by atoms with Gasteiger partial charge in [-0.25, -0.2) is 4.98 Å². The molecule has 1 aromatic heterocycles. The van der Waals surface area contributed by atoms with Crippen LogP contribution in [0.2, 0.25) is 5.15 Å². The number of benzene rings is 1. The summed E-state index contributed by atoms with van der Waals surface area (Å²) in [7, 11) is 0. The van der Waals surface area contributed by atoms with E-state index in [2.05, 4.69) is 4.98 Å². The maximum Gasteiger partial charge on any atom is 0.150 e. The fourth-order valence-corrected chi connectivity index (χ4v) is 4.56. The SMILES string of the molecule is Cc1ccc(-c2ccc(Cl)nc2C)cc1C1C(=O)[C@@H]2CC[C@@H](C2)C1=O. The second-order valence-corrected chi connectivity index (χ2v) is 7.67. The minimum Gasteiger partial charge on any atom is -0.298 e. The Bertz CT molecular complexity index is 867. The van der Waals surface area contributed by atoms with E-state index in [0.717, 1.165) is 47.2 Å². The first kappa shape index (κ1) is 16.5. The molecule has 2 saturated carbocycles. The number of aryl methyl sites for hydroxylation is 2. The van der Waals surface area contributed by atoms with Crippen LogP contribution in [0.15, 0.2) is 30.3 Å². The molecule has 2 aliphatic carbocycles. The monoisotopic (exact) mass is 353 g/mol. The van der Waals surface area contributed by atoms with Crippen molar-refractivity contribution < 1.29 is 9.59 Å². The molecule has 0 radical (unpaired) electrons. The van der Waals surface area contributed by atoms with E-state index in [1.165, 1.54) is 0 Å². The Kier molecular flexibility index (Phi) is 3.99. The summed E-state index contributed by atoms with van der Waals surface area (Å²) in [4.78, 5) is 30.0. The van der Waals surface area contributed by atoms with Gasteiger partial charge in [0.2, 0.25) is 0 Å². The van der Waals surface area contributed by atoms with Crippen molar-refractivity contribution in [1.82, 2.24) is 4.98 Å². The highest BCUT2D eigenvalue weighted by Gasteiger charge is 2.47. The molecule has 1 aromatic carbocycles. The van der Waals surface area contributed by atoms with Gasteiger partial charge in [-0.15, -0.1) is 0 Å². The molecular weight excluding hydrogens is 334 g/mol. The molecule has 2 bridgehead atoms. The van der Waals surface area contributed by atoms with Crippen molar-refractivity contribution in [2.75, 3.05) is 0 Å². The molecule has 0 saturated heterocycles. The lowest BCUT2D eigenvalue weighted by Crippen LogP contribution is -2.35. The van der Waals surface area contributed by atoms with Crippen LogP contribution in [0.4, 0.5) is 0 Å². The van der Waals surface area contributed by atoms with Gasteiger partial charge in [0.05, 0.1) is 0 Å². The molecule has 0 spiro atoms. The molecule has 0 aliphatic heterocycles. The molecule has 0 N–H and O–H groups in total. The summed E-state index contributed by atoms with van der Waals surface area (Å²) >= 11 is 5.96. The van der Waals surface area contributed by atoms with E-state index < -0.39 is 5.92 Å². The zero-order chi connectivity index (χ0) is 17.7. The molecule has 0 amide bonds. The quantitative estimate of drug-likeness (QED) is 0.582. The number of carbonyl (C=O) groups is 2. The summed E-state index contributed by atoms with van der Waals surface area (Å²) in [6, 6.07) is 9.71. The van der Waals surface area contributed by atoms with Crippen LogP contribution >= 0.6 is 11.6 Å². The molecule has 2 aliphatic rings. The van der Waals surface area contributed by atoms with Crippen molar-refractivity contribution in [1.29, 1.82) is 0 Å². The third-order valence-corrected chi connectivity index (χ3v) is 5.97. The van der Waals surface area contributed by atoms with Gasteiger partial charge in [0.15, 0.2) is 11.6 Å². The van der Waals surface area contributed by atoms with Crippen molar-refractivity contribution >= 4 is 23.2 Å². The third-order valence-electron chi connectivity index (χ3n) is 5.76. The predicted molar refractivity (Wildman–Crippen MR) is 97.7 cm³/mol. The van der Waals surface area contributed by atoms with Gasteiger partial charge in [-0.05, 0) is 68.0 Å². The molecule has 4 rings (SSSR count). The van der Waals surface area contributed by atoms with Crippen molar-refractivity contribution in [3.8, 4) is 11.1 Å². The van der Waals surface area contributed by atoms with Crippen molar-refractivity contribution in [2.45, 2.75) is 39.0 Å². The summed E-state index contributed by atoms with van der Waals surface area (Å²) in [5.41, 5.74) is 4.64. The van der Waals surface area contributed by atoms with E-state index >= 15 is 0 Å². The van der Waals surface area contributed by atoms with E-state index in [-0.39, 0.29) is 23.4 Å². The van der Waals surface area contributed by atoms with Crippen LogP contribution in [-0.2, 0) is 9.59 Å². The fourth-order valence-electron chi connectivity index (χ4n) is 4.37. The molecule has 2 aromatic rings. The number of Topliss-reactive ketones (excluding diaryl/α,β-unsaturated/α-hetero) is 2. The van der Waals surface area contributed by atoms with Crippen molar-refractivity contribution in [3.63, 3.8) is 0 Å². The Morgan fingerprint density at radius 3 is 2.32 bits per heavy atom. The number of hydrogen-bond donors (Lipinski definition) is 0. The molecule has 3 atom stereocenters. The highest BCUT2D eigenvalue weighted by atomic mass is 35.5. The van der Waals surface area contributed by atoms with E-state index in [4.69, 9.17) is 11.6 Å². The number of rotatable bonds is 2. The molecule has 4 heteroatoms. The average Bonchev–Trinajstić information content (AvgIpc) is 3.02. The predicted octanol–water partition coefficient (Wildman–Crippen LogP) is 4.67. The van der Waals surface area contributed by atoms with Gasteiger partial charge in [0, 0.05) is 23.1 Å². The van der Waals surface area contributed by atoms with Crippen LogP contribution in [0, 0.1) is 25.7 Å². The Morgan fingerprint density at radius 1 is 1.00 bits per heavy atom. The smallest absolute Gasteiger partial charge is 0.150 e. The summed E-state index contributed by atoms with van der Waals surface area (Å²) in [5, 5.41) is 0.461. The normalized spacial score (nSPS) is 25.5. The first-order chi connectivity index (χ1) is 12.0. The lowest BCUT2D eigenvalue weighted by atomic mass is 9.74. The number of fused-ring (bicyclic) bond motifs is 2. The Hall–Kier alpha value is -2.00. The largest absolute Gasteiger partial charge is 0.298 e. The Morgan fingerprint density at radius 2 is 1.68 bits per heavy atom. The van der Waals surface area contributed by atoms with E-state index in [1.54, 1.807) is 6.07 Å². The average molecular weight is 354 g/mol. The first-order valence-corrected chi connectivity index (χ1v) is 9.15. The van der Waals surface area contributed by atoms with Crippen molar-refractivity contribution in [3.05, 3.63) is 52.3 Å². The molecular formula is C21H20ClNO2. The van der Waals surface area contributed by atoms with Crippen LogP contribution in [0.25, 0.3) is 11.1 Å². The summed E-state index contributed by atoms with van der Waals surface area (Å²) in [6.07, 6.45) is 2.49. The number of nitrogens with zero attached hydrogens (tertiary/aromatic N) is 1. The maximum atomic E-state index is 12.9. The van der Waals surface area contributed by atoms with Gasteiger partial charge in [-0.3, -0.25) is 9.59 Å². The molecule has 25 heavy (non-hydrogen) atoms. The van der Waals surface area contributed by atoms with Crippen LogP contribution in [0.1, 0.15) is 42.0 Å². The highest BCUT2D eigenvalue weighted by molar-refractivity contribution is 6.29. The lowest BCUT2D eigenvalue weighted by molar-refractivity contribution is -0.135. The standard InChI is InChI=1S/C21H20ClNO2/c1-11-3-4-13(16-7-8-18(22)23-12(16)2)10-17(11)19-20(24)14-5-6-15(9-14)21(19)25/h3-4,7-8,10,14-15,19H,5-6,9H2,1-2H3/t14-,15+,19?. The van der Waals surface area contributed by atoms with Crippen molar-refractivity contribution in [2.24, 2.45) is 11.8 Å². The summed E-state index contributed by atoms with van der Waals surface area (Å²) in [5.74, 6) is -0.231. The Labute approximate surface area is 152 Å². The van der Waals surface area contributed by atoms with Crippen LogP contribution < -0.4 is 0 Å². The summed E-state index contributed by atoms with van der Waals surface area (Å²) in [6.45, 7) is 3.89. The molecule has 3 nitrogen and oxygen atoms in total. The summed E-state index contributed by atoms with van der Waals surface area (Å²) < 4.78 is 0. The number of pyridine rings is 1. The number of ketones is 2. The van der Waals surface area contributed by atoms with E-state index in [0.29, 0.717) is 5.15 Å². The third kappa shape index (κ3) is 2.71. The molecule has 1 heterocycles. The van der Waals surface area contributed by atoms with Crippen LogP contribution in [-0.4, -0.2) is 16.6 Å². The molecule has 1 unspecified atom stereocenters. The van der Waals surface area contributed by atoms with Gasteiger partial charge >= 0.3 is 0 Å². The minimum absolute atomic E-state index is 0.0645. The number of carbonyl (C=O) groups excluding carboxylic acids is 2. The number of halogens is 1. The van der Waals surface area contributed by atoms with E-state index in [1.807, 2.05) is 38.1 Å². The number of hydrogen-bond acceptors (Lipinski definition) is 3.